The first-order chi connectivity index (χ1) is 15.2. The topological polar surface area (TPSA) is 75.9 Å². The third-order valence-electron chi connectivity index (χ3n) is 6.10. The van der Waals surface area contributed by atoms with E-state index in [1.54, 1.807) is 6.20 Å². The molecule has 13 heteroatoms. The van der Waals surface area contributed by atoms with Crippen LogP contribution in [0.1, 0.15) is 18.7 Å². The van der Waals surface area contributed by atoms with Crippen LogP contribution in [0.5, 0.6) is 0 Å². The molecular weight excluding hydrogens is 435 g/mol. The fourth-order valence-corrected chi connectivity index (χ4v) is 4.51. The molecule has 5 heterocycles. The van der Waals surface area contributed by atoms with E-state index in [4.69, 9.17) is 0 Å². The van der Waals surface area contributed by atoms with E-state index in [0.29, 0.717) is 42.3 Å². The molecular formula is C19H19F5N8. The molecule has 1 atom stereocenters. The second kappa shape index (κ2) is 7.48. The van der Waals surface area contributed by atoms with Gasteiger partial charge in [-0.25, -0.2) is 33.4 Å². The Morgan fingerprint density at radius 1 is 0.938 bits per heavy atom. The smallest absolute Gasteiger partial charge is 0.368 e. The normalized spacial score (nSPS) is 21.6. The number of rotatable bonds is 4. The van der Waals surface area contributed by atoms with Crippen LogP contribution in [-0.2, 0) is 12.7 Å². The first kappa shape index (κ1) is 20.8. The van der Waals surface area contributed by atoms with Gasteiger partial charge in [0.25, 0.3) is 6.43 Å². The SMILES string of the molecule is FC(F)Cn1ncc2ncc(N3CC[C@@]4(CCN(c5cnc(C(F)(F)F)nc5)C4)C3)nc21. The number of halogens is 5. The van der Waals surface area contributed by atoms with E-state index in [9.17, 15) is 22.0 Å². The summed E-state index contributed by atoms with van der Waals surface area (Å²) in [6.45, 7) is 2.22. The summed E-state index contributed by atoms with van der Waals surface area (Å²) in [5.74, 6) is -0.552. The van der Waals surface area contributed by atoms with Gasteiger partial charge in [-0.15, -0.1) is 0 Å². The van der Waals surface area contributed by atoms with Crippen LogP contribution in [0.15, 0.2) is 24.8 Å². The van der Waals surface area contributed by atoms with Gasteiger partial charge in [-0.3, -0.25) is 0 Å². The maximum atomic E-state index is 12.8. The summed E-state index contributed by atoms with van der Waals surface area (Å²) in [7, 11) is 0. The number of hydrogen-bond donors (Lipinski definition) is 0. The lowest BCUT2D eigenvalue weighted by Crippen LogP contribution is -2.31. The van der Waals surface area contributed by atoms with Crippen molar-refractivity contribution in [2.24, 2.45) is 5.41 Å². The van der Waals surface area contributed by atoms with Crippen molar-refractivity contribution < 1.29 is 22.0 Å². The molecule has 0 bridgehead atoms. The highest BCUT2D eigenvalue weighted by Crippen LogP contribution is 2.42. The largest absolute Gasteiger partial charge is 0.451 e. The summed E-state index contributed by atoms with van der Waals surface area (Å²) in [5, 5.41) is 3.94. The lowest BCUT2D eigenvalue weighted by Gasteiger charge is -2.25. The molecule has 1 spiro atoms. The number of anilines is 2. The number of alkyl halides is 5. The Morgan fingerprint density at radius 3 is 2.31 bits per heavy atom. The van der Waals surface area contributed by atoms with Gasteiger partial charge in [0.1, 0.15) is 17.9 Å². The third-order valence-corrected chi connectivity index (χ3v) is 6.10. The van der Waals surface area contributed by atoms with Gasteiger partial charge < -0.3 is 9.80 Å². The van der Waals surface area contributed by atoms with Gasteiger partial charge in [0, 0.05) is 31.6 Å². The van der Waals surface area contributed by atoms with Crippen molar-refractivity contribution in [1.82, 2.24) is 29.7 Å². The van der Waals surface area contributed by atoms with Gasteiger partial charge in [0.15, 0.2) is 5.65 Å². The zero-order valence-electron chi connectivity index (χ0n) is 16.8. The fraction of sp³-hybridized carbons (Fsp3) is 0.526. The minimum Gasteiger partial charge on any atom is -0.368 e. The third kappa shape index (κ3) is 3.79. The van der Waals surface area contributed by atoms with Crippen molar-refractivity contribution in [3.8, 4) is 0 Å². The van der Waals surface area contributed by atoms with Gasteiger partial charge in [0.2, 0.25) is 5.82 Å². The van der Waals surface area contributed by atoms with Crippen LogP contribution >= 0.6 is 0 Å². The number of nitrogens with zero attached hydrogens (tertiary/aromatic N) is 8. The average molecular weight is 454 g/mol. The van der Waals surface area contributed by atoms with E-state index < -0.39 is 25.0 Å². The summed E-state index contributed by atoms with van der Waals surface area (Å²) in [5.41, 5.74) is 1.28. The second-order valence-electron chi connectivity index (χ2n) is 8.26. The summed E-state index contributed by atoms with van der Waals surface area (Å²) in [6, 6.07) is 0. The molecule has 170 valence electrons. The van der Waals surface area contributed by atoms with Gasteiger partial charge in [-0.05, 0) is 12.8 Å². The summed E-state index contributed by atoms with van der Waals surface area (Å²) in [4.78, 5) is 19.8. The molecule has 0 amide bonds. The zero-order valence-corrected chi connectivity index (χ0v) is 16.8. The van der Waals surface area contributed by atoms with Crippen molar-refractivity contribution in [2.75, 3.05) is 36.0 Å². The fourth-order valence-electron chi connectivity index (χ4n) is 4.51. The number of hydrogen-bond acceptors (Lipinski definition) is 7. The Balaban J connectivity index is 1.30. The van der Waals surface area contributed by atoms with Crippen molar-refractivity contribution in [3.05, 3.63) is 30.6 Å². The van der Waals surface area contributed by atoms with E-state index in [2.05, 4.69) is 29.9 Å². The van der Waals surface area contributed by atoms with Crippen LogP contribution < -0.4 is 9.80 Å². The Hall–Kier alpha value is -3.12. The highest BCUT2D eigenvalue weighted by molar-refractivity contribution is 5.71. The average Bonchev–Trinajstić information content (AvgIpc) is 3.47. The molecule has 32 heavy (non-hydrogen) atoms. The zero-order chi connectivity index (χ0) is 22.5. The summed E-state index contributed by atoms with van der Waals surface area (Å²) < 4.78 is 64.9. The predicted octanol–water partition coefficient (Wildman–Crippen LogP) is 3.01. The predicted molar refractivity (Wildman–Crippen MR) is 104 cm³/mol. The molecule has 2 aliphatic heterocycles. The van der Waals surface area contributed by atoms with Crippen molar-refractivity contribution in [1.29, 1.82) is 0 Å². The summed E-state index contributed by atoms with van der Waals surface area (Å²) in [6.07, 6.45) is 0.0921. The maximum Gasteiger partial charge on any atom is 0.451 e. The lowest BCUT2D eigenvalue weighted by molar-refractivity contribution is -0.144. The van der Waals surface area contributed by atoms with Gasteiger partial charge >= 0.3 is 6.18 Å². The Bertz CT molecular complexity index is 1120. The van der Waals surface area contributed by atoms with Crippen molar-refractivity contribution >= 4 is 22.7 Å². The Kier molecular flexibility index (Phi) is 4.86. The van der Waals surface area contributed by atoms with Crippen LogP contribution in [0.2, 0.25) is 0 Å². The minimum atomic E-state index is -4.57. The van der Waals surface area contributed by atoms with Crippen LogP contribution in [0.25, 0.3) is 11.2 Å². The molecule has 0 aliphatic carbocycles. The summed E-state index contributed by atoms with van der Waals surface area (Å²) >= 11 is 0. The van der Waals surface area contributed by atoms with E-state index in [-0.39, 0.29) is 5.41 Å². The van der Waals surface area contributed by atoms with Crippen LogP contribution in [0.3, 0.4) is 0 Å². The minimum absolute atomic E-state index is 0.0530. The monoisotopic (exact) mass is 454 g/mol. The Labute approximate surface area is 179 Å². The quantitative estimate of drug-likeness (QED) is 0.561. The second-order valence-corrected chi connectivity index (χ2v) is 8.26. The van der Waals surface area contributed by atoms with E-state index >= 15 is 0 Å². The van der Waals surface area contributed by atoms with Gasteiger partial charge in [-0.2, -0.15) is 18.3 Å². The molecule has 3 aromatic rings. The molecule has 2 saturated heterocycles. The molecule has 0 unspecified atom stereocenters. The first-order valence-electron chi connectivity index (χ1n) is 10.1. The Morgan fingerprint density at radius 2 is 1.62 bits per heavy atom. The van der Waals surface area contributed by atoms with E-state index in [0.717, 1.165) is 24.1 Å². The highest BCUT2D eigenvalue weighted by atomic mass is 19.4. The van der Waals surface area contributed by atoms with Gasteiger partial charge in [-0.1, -0.05) is 0 Å². The lowest BCUT2D eigenvalue weighted by atomic mass is 9.86. The number of fused-ring (bicyclic) bond motifs is 1. The molecule has 2 aliphatic rings. The standard InChI is InChI=1S/C19H19F5N8/c20-14(21)9-32-16-13(7-28-32)25-8-15(29-16)31-4-2-18(11-31)1-3-30(10-18)12-5-26-17(27-6-12)19(22,23)24/h5-8,14H,1-4,9-11H2/t18-/m1/s1. The van der Waals surface area contributed by atoms with Crippen LogP contribution in [0.4, 0.5) is 33.5 Å². The molecule has 3 aromatic heterocycles. The van der Waals surface area contributed by atoms with E-state index in [1.807, 2.05) is 4.90 Å². The highest BCUT2D eigenvalue weighted by Gasteiger charge is 2.44. The molecule has 2 fully saturated rings. The molecule has 8 nitrogen and oxygen atoms in total. The van der Waals surface area contributed by atoms with Crippen LogP contribution in [0, 0.1) is 5.41 Å². The molecule has 0 N–H and O–H groups in total. The molecule has 0 aromatic carbocycles. The van der Waals surface area contributed by atoms with E-state index in [1.165, 1.54) is 18.6 Å². The number of aromatic nitrogens is 6. The molecule has 5 rings (SSSR count). The van der Waals surface area contributed by atoms with Crippen molar-refractivity contribution in [3.63, 3.8) is 0 Å². The van der Waals surface area contributed by atoms with Crippen LogP contribution in [-0.4, -0.2) is 62.3 Å². The first-order valence-corrected chi connectivity index (χ1v) is 10.1. The van der Waals surface area contributed by atoms with Gasteiger partial charge in [0.05, 0.1) is 30.5 Å². The molecule has 0 saturated carbocycles. The van der Waals surface area contributed by atoms with Crippen molar-refractivity contribution in [2.45, 2.75) is 32.0 Å². The molecule has 0 radical (unpaired) electrons. The maximum absolute atomic E-state index is 12.8.